The second kappa shape index (κ2) is 44.6. The Morgan fingerprint density at radius 3 is 0.583 bits per heavy atom. The molecule has 6 aromatic carbocycles. The summed E-state index contributed by atoms with van der Waals surface area (Å²) < 4.78 is 0. The number of rotatable bonds is 4. The maximum atomic E-state index is 7.25. The molecule has 0 atom stereocenters. The molecule has 0 heterocycles. The molecule has 0 aliphatic carbocycles. The molecule has 0 N–H and O–H groups in total. The first-order chi connectivity index (χ1) is 22.7. The van der Waals surface area contributed by atoms with Crippen molar-refractivity contribution in [3.05, 3.63) is 225 Å². The Bertz CT molecular complexity index is 1120. The smallest absolute Gasteiger partial charge is 0 e. The topological polar surface area (TPSA) is 78.7 Å². The van der Waals surface area contributed by atoms with Gasteiger partial charge in [0.25, 0.3) is 0 Å². The van der Waals surface area contributed by atoms with Gasteiger partial charge in [-0.3, -0.25) is 0 Å². The van der Waals surface area contributed by atoms with Crippen LogP contribution >= 0.6 is 0 Å². The van der Waals surface area contributed by atoms with Gasteiger partial charge < -0.3 is 71.5 Å². The van der Waals surface area contributed by atoms with E-state index in [0.29, 0.717) is 0 Å². The minimum atomic E-state index is 0. The monoisotopic (exact) mass is 878 g/mol. The average molecular weight is 875 g/mol. The molecule has 0 fully saturated rings. The van der Waals surface area contributed by atoms with E-state index in [1.54, 1.807) is 0 Å². The number of nitrogens with zero attached hydrogens (tertiary/aromatic N) is 2. The van der Waals surface area contributed by atoms with Crippen molar-refractivity contribution in [1.29, 1.82) is 0 Å². The van der Waals surface area contributed by atoms with Gasteiger partial charge in [0.2, 0.25) is 0 Å². The van der Waals surface area contributed by atoms with Gasteiger partial charge in [-0.2, -0.15) is 59.4 Å². The maximum Gasteiger partial charge on any atom is 0 e. The van der Waals surface area contributed by atoms with Gasteiger partial charge in [0.1, 0.15) is 0 Å². The summed E-state index contributed by atoms with van der Waals surface area (Å²) in [5, 5.41) is 0. The van der Waals surface area contributed by atoms with E-state index in [1.165, 1.54) is 22.3 Å². The van der Waals surface area contributed by atoms with Crippen LogP contribution in [0.5, 0.6) is 0 Å². The van der Waals surface area contributed by atoms with E-state index in [0.717, 1.165) is 23.0 Å². The zero-order valence-corrected chi connectivity index (χ0v) is 33.6. The predicted octanol–water partition coefficient (Wildman–Crippen LogP) is 10.4. The van der Waals surface area contributed by atoms with Gasteiger partial charge in [0, 0.05) is 42.1 Å². The molecular weight excluding hydrogens is 837 g/mol. The Balaban J connectivity index is -0.000000237. The van der Waals surface area contributed by atoms with E-state index in [1.807, 2.05) is 182 Å². The van der Waals surface area contributed by atoms with Crippen molar-refractivity contribution in [3.63, 3.8) is 0 Å². The molecule has 0 aliphatic heterocycles. The molecule has 0 unspecified atom stereocenters. The first-order valence-corrected chi connectivity index (χ1v) is 16.2. The summed E-state index contributed by atoms with van der Waals surface area (Å²) in [5.41, 5.74) is 16.4. The summed E-state index contributed by atoms with van der Waals surface area (Å²) in [4.78, 5) is 14.5. The third-order valence-corrected chi connectivity index (χ3v) is 6.48. The second-order valence-corrected chi connectivity index (χ2v) is 9.60. The van der Waals surface area contributed by atoms with Gasteiger partial charge in [-0.1, -0.05) is 144 Å². The van der Waals surface area contributed by atoms with Crippen molar-refractivity contribution in [2.75, 3.05) is 0 Å². The molecule has 6 rings (SSSR count). The number of hydrogen-bond donors (Lipinski definition) is 0. The van der Waals surface area contributed by atoms with Crippen LogP contribution in [0.15, 0.2) is 182 Å². The molecule has 6 aromatic rings. The minimum absolute atomic E-state index is 0. The average Bonchev–Trinajstić information content (AvgIpc) is 3.97. The molecule has 0 aromatic heterocycles. The molecule has 0 aliphatic rings. The Hall–Kier alpha value is -2.44. The first kappa shape index (κ1) is 52.4. The quantitative estimate of drug-likeness (QED) is 0.0998. The van der Waals surface area contributed by atoms with Crippen LogP contribution in [0.25, 0.3) is 11.2 Å². The van der Waals surface area contributed by atoms with Crippen LogP contribution < -0.4 is 0 Å². The van der Waals surface area contributed by atoms with Gasteiger partial charge in [0.05, 0.1) is 0 Å². The van der Waals surface area contributed by atoms with E-state index >= 15 is 0 Å². The number of hydrogen-bond acceptors (Lipinski definition) is 6. The van der Waals surface area contributed by atoms with Crippen LogP contribution in [0.2, 0.25) is 0 Å². The van der Waals surface area contributed by atoms with E-state index < -0.39 is 0 Å². The zero-order chi connectivity index (χ0) is 34.4. The number of nitroso groups, excluding NO2 is 2. The number of benzene rings is 4. The summed E-state index contributed by atoms with van der Waals surface area (Å²) in [6, 6.07) is 60.3. The van der Waals surface area contributed by atoms with E-state index in [-0.39, 0.29) is 42.1 Å². The predicted molar refractivity (Wildman–Crippen MR) is 208 cm³/mol. The van der Waals surface area contributed by atoms with Crippen LogP contribution in [0.1, 0.15) is 22.3 Å². The Morgan fingerprint density at radius 1 is 0.333 bits per heavy atom. The van der Waals surface area contributed by atoms with Crippen molar-refractivity contribution >= 4 is 50.5 Å². The molecule has 10 heteroatoms. The van der Waals surface area contributed by atoms with E-state index in [4.69, 9.17) is 71.5 Å². The van der Waals surface area contributed by atoms with Crippen molar-refractivity contribution in [1.82, 2.24) is 0 Å². The Kier molecular flexibility index (Phi) is 48.6. The molecule has 4 nitrogen and oxygen atoms in total. The molecule has 0 amide bonds. The second-order valence-electron chi connectivity index (χ2n) is 8.44. The molecule has 0 saturated carbocycles. The molecule has 0 radical (unpaired) electrons. The van der Waals surface area contributed by atoms with Gasteiger partial charge in [-0.25, -0.2) is 24.3 Å². The summed E-state index contributed by atoms with van der Waals surface area (Å²) in [7, 11) is 0. The fourth-order valence-electron chi connectivity index (χ4n) is 2.94. The van der Waals surface area contributed by atoms with E-state index in [9.17, 15) is 0 Å². The largest absolute Gasteiger partial charge is 0.788 e. The molecule has 256 valence electrons. The van der Waals surface area contributed by atoms with Gasteiger partial charge in [0.15, 0.2) is 0 Å². The molecular formula is C38H38Mo2N2O2S4-8. The van der Waals surface area contributed by atoms with Gasteiger partial charge in [-0.15, -0.1) is 0 Å². The molecule has 48 heavy (non-hydrogen) atoms. The summed E-state index contributed by atoms with van der Waals surface area (Å²) in [6.45, 7) is 0. The normalized spacial score (nSPS) is 7.92. The third kappa shape index (κ3) is 34.9. The first-order valence-electron chi connectivity index (χ1n) is 13.9. The van der Waals surface area contributed by atoms with Crippen LogP contribution in [0.3, 0.4) is 0 Å². The van der Waals surface area contributed by atoms with Crippen LogP contribution in [0, 0.1) is 9.81 Å². The molecule has 0 bridgehead atoms. The zero-order valence-electron chi connectivity index (χ0n) is 26.3. The van der Waals surface area contributed by atoms with Gasteiger partial charge in [-0.05, 0) is 0 Å². The fourth-order valence-corrected chi connectivity index (χ4v) is 3.71. The summed E-state index contributed by atoms with van der Waals surface area (Å²) in [6.07, 6.45) is 0. The Morgan fingerprint density at radius 2 is 0.500 bits per heavy atom. The third-order valence-electron chi connectivity index (χ3n) is 5.15. The van der Waals surface area contributed by atoms with Crippen LogP contribution in [-0.4, -0.2) is 0 Å². The van der Waals surface area contributed by atoms with Gasteiger partial charge >= 0.3 is 0 Å². The summed E-state index contributed by atoms with van der Waals surface area (Å²) >= 11 is 19.3. The van der Waals surface area contributed by atoms with E-state index in [2.05, 4.69) is 0 Å². The van der Waals surface area contributed by atoms with Crippen molar-refractivity contribution in [2.45, 2.75) is 23.0 Å². The summed E-state index contributed by atoms with van der Waals surface area (Å²) in [5.74, 6) is 2.89. The fraction of sp³-hybridized carbons (Fsp3) is 0.105. The maximum absolute atomic E-state index is 7.25. The molecule has 0 spiro atoms. The van der Waals surface area contributed by atoms with Crippen molar-refractivity contribution < 1.29 is 42.1 Å². The molecule has 0 saturated heterocycles. The Labute approximate surface area is 338 Å². The van der Waals surface area contributed by atoms with Crippen molar-refractivity contribution in [3.8, 4) is 0 Å². The van der Waals surface area contributed by atoms with Crippen LogP contribution in [-0.2, 0) is 116 Å². The van der Waals surface area contributed by atoms with Crippen LogP contribution in [0.4, 0.5) is 0 Å². The SMILES string of the molecule is [Mo].[Mo].[N-]=O.[N-]=O.[S-]Cc1ccccc1.[S-]Cc1ccccc1.[S-]Cc1ccccc1.[S-]Cc1ccccc1.c1cc[cH-]c1.c1cc[cH-]c1. The minimum Gasteiger partial charge on any atom is -0.788 e. The van der Waals surface area contributed by atoms with Crippen molar-refractivity contribution in [2.24, 2.45) is 0 Å². The standard InChI is InChI=1S/4C7H8S.2C5H5.2Mo.2NO/c4*8-6-7-4-2-1-3-5-7;2*1-2-4-5-3-1;;;2*1-2/h4*1-5,8H,6H2;2*1-5H;;;;/q;;;;2*-1;;;2*-1/p-4.